The number of aryl methyl sites for hydroxylation is 1. The predicted octanol–water partition coefficient (Wildman–Crippen LogP) is 2.27. The maximum Gasteiger partial charge on any atom is 0.208 e. The van der Waals surface area contributed by atoms with Gasteiger partial charge >= 0.3 is 0 Å². The number of nitrogens with zero attached hydrogens (tertiary/aromatic N) is 1. The molecule has 14 heavy (non-hydrogen) atoms. The highest BCUT2D eigenvalue weighted by Crippen LogP contribution is 2.19. The van der Waals surface area contributed by atoms with Crippen LogP contribution in [0.3, 0.4) is 0 Å². The van der Waals surface area contributed by atoms with Crippen LogP contribution in [0.5, 0.6) is 0 Å². The van der Waals surface area contributed by atoms with E-state index in [1.54, 1.807) is 0 Å². The van der Waals surface area contributed by atoms with Crippen molar-refractivity contribution in [1.82, 2.24) is 10.3 Å². The minimum atomic E-state index is 0.723. The van der Waals surface area contributed by atoms with Gasteiger partial charge < -0.3 is 9.73 Å². The first-order valence-corrected chi connectivity index (χ1v) is 5.55. The molecule has 1 aliphatic rings. The quantitative estimate of drug-likeness (QED) is 0.755. The molecule has 0 spiro atoms. The minimum Gasteiger partial charge on any atom is -0.444 e. The molecule has 1 aromatic rings. The lowest BCUT2D eigenvalue weighted by Gasteiger charge is -1.97. The van der Waals surface area contributed by atoms with Crippen LogP contribution in [0.15, 0.2) is 10.6 Å². The van der Waals surface area contributed by atoms with Gasteiger partial charge in [-0.25, -0.2) is 4.98 Å². The molecule has 0 saturated heterocycles. The molecule has 1 N–H and O–H groups in total. The predicted molar refractivity (Wildman–Crippen MR) is 55.0 cm³/mol. The van der Waals surface area contributed by atoms with Gasteiger partial charge in [-0.2, -0.15) is 0 Å². The Labute approximate surface area is 84.9 Å². The molecule has 1 saturated carbocycles. The van der Waals surface area contributed by atoms with Gasteiger partial charge in [0.2, 0.25) is 5.89 Å². The van der Waals surface area contributed by atoms with E-state index in [1.165, 1.54) is 25.7 Å². The standard InChI is InChI=1S/C11H18N2O/c1-2-3-4-10-7-13-11(14-10)8-12-9-5-6-9/h7,9,12H,2-6,8H2,1H3. The molecular weight excluding hydrogens is 176 g/mol. The van der Waals surface area contributed by atoms with Crippen LogP contribution in [0.2, 0.25) is 0 Å². The number of aromatic nitrogens is 1. The molecule has 0 radical (unpaired) electrons. The Morgan fingerprint density at radius 2 is 2.43 bits per heavy atom. The molecule has 3 nitrogen and oxygen atoms in total. The summed E-state index contributed by atoms with van der Waals surface area (Å²) in [7, 11) is 0. The molecule has 2 rings (SSSR count). The summed E-state index contributed by atoms with van der Waals surface area (Å²) in [6.07, 6.45) is 7.89. The van der Waals surface area contributed by atoms with Crippen molar-refractivity contribution in [3.05, 3.63) is 17.8 Å². The summed E-state index contributed by atoms with van der Waals surface area (Å²) in [6, 6.07) is 0.723. The lowest BCUT2D eigenvalue weighted by atomic mass is 10.2. The number of oxazole rings is 1. The molecule has 3 heteroatoms. The third-order valence-corrected chi connectivity index (χ3v) is 2.50. The highest BCUT2D eigenvalue weighted by Gasteiger charge is 2.20. The van der Waals surface area contributed by atoms with Crippen molar-refractivity contribution in [2.24, 2.45) is 0 Å². The van der Waals surface area contributed by atoms with Gasteiger partial charge in [0.15, 0.2) is 0 Å². The molecule has 78 valence electrons. The maximum absolute atomic E-state index is 5.59. The Kier molecular flexibility index (Phi) is 3.19. The van der Waals surface area contributed by atoms with E-state index in [2.05, 4.69) is 17.2 Å². The molecule has 1 heterocycles. The average molecular weight is 194 g/mol. The molecule has 0 atom stereocenters. The van der Waals surface area contributed by atoms with Crippen molar-refractivity contribution >= 4 is 0 Å². The Morgan fingerprint density at radius 3 is 3.14 bits per heavy atom. The van der Waals surface area contributed by atoms with Gasteiger partial charge in [-0.3, -0.25) is 0 Å². The first-order chi connectivity index (χ1) is 6.88. The topological polar surface area (TPSA) is 38.1 Å². The van der Waals surface area contributed by atoms with Crippen molar-refractivity contribution in [2.75, 3.05) is 0 Å². The lowest BCUT2D eigenvalue weighted by molar-refractivity contribution is 0.431. The zero-order valence-electron chi connectivity index (χ0n) is 8.75. The normalized spacial score (nSPS) is 16.1. The van der Waals surface area contributed by atoms with Gasteiger partial charge in [-0.05, 0) is 19.3 Å². The Bertz CT molecular complexity index is 279. The van der Waals surface area contributed by atoms with E-state index in [0.29, 0.717) is 0 Å². The van der Waals surface area contributed by atoms with Crippen LogP contribution in [0.25, 0.3) is 0 Å². The van der Waals surface area contributed by atoms with Crippen LogP contribution >= 0.6 is 0 Å². The number of hydrogen-bond donors (Lipinski definition) is 1. The average Bonchev–Trinajstić information content (AvgIpc) is 2.92. The van der Waals surface area contributed by atoms with Crippen molar-refractivity contribution < 1.29 is 4.42 Å². The number of hydrogen-bond acceptors (Lipinski definition) is 3. The Morgan fingerprint density at radius 1 is 1.57 bits per heavy atom. The van der Waals surface area contributed by atoms with Crippen LogP contribution in [-0.2, 0) is 13.0 Å². The third-order valence-electron chi connectivity index (χ3n) is 2.50. The fraction of sp³-hybridized carbons (Fsp3) is 0.727. The Hall–Kier alpha value is -0.830. The van der Waals surface area contributed by atoms with E-state index in [1.807, 2.05) is 6.20 Å². The van der Waals surface area contributed by atoms with Crippen molar-refractivity contribution in [2.45, 2.75) is 51.6 Å². The summed E-state index contributed by atoms with van der Waals surface area (Å²) in [5.41, 5.74) is 0. The summed E-state index contributed by atoms with van der Waals surface area (Å²) in [4.78, 5) is 4.24. The molecule has 1 fully saturated rings. The van der Waals surface area contributed by atoms with Gasteiger partial charge in [0.25, 0.3) is 0 Å². The number of unbranched alkanes of at least 4 members (excludes halogenated alkanes) is 1. The van der Waals surface area contributed by atoms with Gasteiger partial charge in [-0.1, -0.05) is 13.3 Å². The van der Waals surface area contributed by atoms with Crippen molar-refractivity contribution in [3.63, 3.8) is 0 Å². The molecule has 0 amide bonds. The molecule has 1 aliphatic carbocycles. The zero-order valence-corrected chi connectivity index (χ0v) is 8.75. The zero-order chi connectivity index (χ0) is 9.80. The van der Waals surface area contributed by atoms with Gasteiger partial charge in [0.1, 0.15) is 5.76 Å². The van der Waals surface area contributed by atoms with Crippen LogP contribution in [0, 0.1) is 0 Å². The highest BCUT2D eigenvalue weighted by atomic mass is 16.4. The summed E-state index contributed by atoms with van der Waals surface area (Å²) in [6.45, 7) is 2.97. The van der Waals surface area contributed by atoms with E-state index in [-0.39, 0.29) is 0 Å². The fourth-order valence-corrected chi connectivity index (χ4v) is 1.42. The van der Waals surface area contributed by atoms with Crippen molar-refractivity contribution in [3.8, 4) is 0 Å². The molecule has 0 aromatic carbocycles. The maximum atomic E-state index is 5.59. The summed E-state index contributed by atoms with van der Waals surface area (Å²) in [5.74, 6) is 1.86. The lowest BCUT2D eigenvalue weighted by Crippen LogP contribution is -2.15. The summed E-state index contributed by atoms with van der Waals surface area (Å²) < 4.78 is 5.59. The first-order valence-electron chi connectivity index (χ1n) is 5.55. The molecule has 1 aromatic heterocycles. The Balaban J connectivity index is 1.76. The number of nitrogens with one attached hydrogen (secondary N) is 1. The van der Waals surface area contributed by atoms with Crippen LogP contribution in [-0.4, -0.2) is 11.0 Å². The molecule has 0 unspecified atom stereocenters. The fourth-order valence-electron chi connectivity index (χ4n) is 1.42. The summed E-state index contributed by atoms with van der Waals surface area (Å²) >= 11 is 0. The van der Waals surface area contributed by atoms with Gasteiger partial charge in [0, 0.05) is 12.5 Å². The monoisotopic (exact) mass is 194 g/mol. The van der Waals surface area contributed by atoms with E-state index < -0.39 is 0 Å². The van der Waals surface area contributed by atoms with E-state index >= 15 is 0 Å². The van der Waals surface area contributed by atoms with Crippen molar-refractivity contribution in [1.29, 1.82) is 0 Å². The number of rotatable bonds is 6. The third kappa shape index (κ3) is 2.84. The second-order valence-corrected chi connectivity index (χ2v) is 3.98. The van der Waals surface area contributed by atoms with Gasteiger partial charge in [0.05, 0.1) is 12.7 Å². The molecular formula is C11H18N2O. The highest BCUT2D eigenvalue weighted by molar-refractivity contribution is 4.95. The largest absolute Gasteiger partial charge is 0.444 e. The van der Waals surface area contributed by atoms with E-state index in [0.717, 1.165) is 30.7 Å². The van der Waals surface area contributed by atoms with Crippen LogP contribution in [0.1, 0.15) is 44.3 Å². The molecule has 0 aliphatic heterocycles. The SMILES string of the molecule is CCCCc1cnc(CNC2CC2)o1. The smallest absolute Gasteiger partial charge is 0.208 e. The van der Waals surface area contributed by atoms with E-state index in [9.17, 15) is 0 Å². The molecule has 0 bridgehead atoms. The minimum absolute atomic E-state index is 0.723. The summed E-state index contributed by atoms with van der Waals surface area (Å²) in [5, 5.41) is 3.39. The van der Waals surface area contributed by atoms with Crippen LogP contribution < -0.4 is 5.32 Å². The first kappa shape index (κ1) is 9.71. The second kappa shape index (κ2) is 4.60. The second-order valence-electron chi connectivity index (χ2n) is 3.98. The van der Waals surface area contributed by atoms with Gasteiger partial charge in [-0.15, -0.1) is 0 Å². The van der Waals surface area contributed by atoms with E-state index in [4.69, 9.17) is 4.42 Å². The van der Waals surface area contributed by atoms with Crippen LogP contribution in [0.4, 0.5) is 0 Å².